The van der Waals surface area contributed by atoms with E-state index in [0.29, 0.717) is 22.9 Å². The Balaban J connectivity index is 1.30. The Morgan fingerprint density at radius 3 is 2.24 bits per heavy atom. The monoisotopic (exact) mass is 500 g/mol. The standard InChI is InChI=1S/C28H28N4O5/c1-15-9-12-21(37-15)20(31-26(34)23-17-10-11-18(13-17)24(23)27(31)35)14-22(33)29-25-16(2)30(3)32(28(25)36)19-7-5-4-6-8-19/h4-12,17-18,20,23-24H,13-14H2,1-3H3,(H,29,33). The number of furan rings is 1. The zero-order valence-electron chi connectivity index (χ0n) is 20.9. The third kappa shape index (κ3) is 3.52. The summed E-state index contributed by atoms with van der Waals surface area (Å²) in [6.45, 7) is 3.52. The van der Waals surface area contributed by atoms with Crippen LogP contribution in [0.2, 0.25) is 0 Å². The fourth-order valence-electron chi connectivity index (χ4n) is 6.26. The molecule has 9 heteroatoms. The van der Waals surface area contributed by atoms with Crippen molar-refractivity contribution in [1.82, 2.24) is 14.3 Å². The summed E-state index contributed by atoms with van der Waals surface area (Å²) in [6, 6.07) is 11.7. The molecule has 0 spiro atoms. The number of amides is 3. The van der Waals surface area contributed by atoms with Crippen molar-refractivity contribution in [3.63, 3.8) is 0 Å². The molecule has 2 bridgehead atoms. The maximum absolute atomic E-state index is 13.5. The first-order valence-electron chi connectivity index (χ1n) is 12.5. The van der Waals surface area contributed by atoms with Gasteiger partial charge < -0.3 is 9.73 Å². The minimum Gasteiger partial charge on any atom is -0.464 e. The van der Waals surface area contributed by atoms with Gasteiger partial charge in [-0.1, -0.05) is 30.4 Å². The maximum atomic E-state index is 13.5. The number of carbonyl (C=O) groups is 3. The number of benzene rings is 1. The molecule has 1 N–H and O–H groups in total. The first-order valence-corrected chi connectivity index (χ1v) is 12.5. The predicted octanol–water partition coefficient (Wildman–Crippen LogP) is 3.26. The van der Waals surface area contributed by atoms with Crippen molar-refractivity contribution in [2.24, 2.45) is 30.7 Å². The summed E-state index contributed by atoms with van der Waals surface area (Å²) >= 11 is 0. The average Bonchev–Trinajstić information content (AvgIpc) is 3.68. The van der Waals surface area contributed by atoms with Crippen molar-refractivity contribution >= 4 is 23.4 Å². The molecule has 1 aliphatic heterocycles. The minimum absolute atomic E-state index is 0.0627. The third-order valence-electron chi connectivity index (χ3n) is 8.10. The molecular formula is C28H28N4O5. The second-order valence-corrected chi connectivity index (χ2v) is 10.2. The van der Waals surface area contributed by atoms with Gasteiger partial charge in [-0.15, -0.1) is 0 Å². The van der Waals surface area contributed by atoms with Crippen LogP contribution < -0.4 is 10.9 Å². The molecule has 3 heterocycles. The Bertz CT molecular complexity index is 1480. The van der Waals surface area contributed by atoms with Gasteiger partial charge in [-0.2, -0.15) is 0 Å². The summed E-state index contributed by atoms with van der Waals surface area (Å²) in [5.41, 5.74) is 1.04. The van der Waals surface area contributed by atoms with Gasteiger partial charge in [0.2, 0.25) is 17.7 Å². The SMILES string of the molecule is Cc1ccc(C(CC(=O)Nc2c(C)n(C)n(-c3ccccc3)c2=O)N2C(=O)C3C4C=CC(C4)C3C2=O)o1. The molecule has 2 aliphatic carbocycles. The van der Waals surface area contributed by atoms with E-state index in [9.17, 15) is 19.2 Å². The Kier molecular flexibility index (Phi) is 5.33. The number of nitrogens with zero attached hydrogens (tertiary/aromatic N) is 3. The summed E-state index contributed by atoms with van der Waals surface area (Å²) in [5, 5.41) is 2.75. The van der Waals surface area contributed by atoms with Crippen LogP contribution in [-0.4, -0.2) is 32.0 Å². The Hall–Kier alpha value is -4.14. The number of likely N-dealkylation sites (tertiary alicyclic amines) is 1. The van der Waals surface area contributed by atoms with Gasteiger partial charge in [0.05, 0.1) is 29.6 Å². The van der Waals surface area contributed by atoms with Crippen LogP contribution in [0.5, 0.6) is 0 Å². The van der Waals surface area contributed by atoms with Crippen molar-refractivity contribution in [1.29, 1.82) is 0 Å². The number of rotatable bonds is 6. The van der Waals surface area contributed by atoms with Gasteiger partial charge in [0, 0.05) is 7.05 Å². The lowest BCUT2D eigenvalue weighted by Gasteiger charge is -2.26. The summed E-state index contributed by atoms with van der Waals surface area (Å²) in [5.74, 6) is -0.615. The number of aromatic nitrogens is 2. The molecule has 2 aromatic heterocycles. The molecule has 190 valence electrons. The highest BCUT2D eigenvalue weighted by atomic mass is 16.3. The molecule has 6 rings (SSSR count). The number of para-hydroxylation sites is 1. The lowest BCUT2D eigenvalue weighted by atomic mass is 9.85. The van der Waals surface area contributed by atoms with Gasteiger partial charge in [0.15, 0.2) is 0 Å². The fourth-order valence-corrected chi connectivity index (χ4v) is 6.26. The van der Waals surface area contributed by atoms with E-state index in [1.807, 2.05) is 42.5 Å². The topological polar surface area (TPSA) is 107 Å². The van der Waals surface area contributed by atoms with E-state index < -0.39 is 11.9 Å². The second kappa shape index (κ2) is 8.47. The normalized spacial score (nSPS) is 24.7. The van der Waals surface area contributed by atoms with E-state index in [4.69, 9.17) is 4.42 Å². The van der Waals surface area contributed by atoms with E-state index in [1.165, 1.54) is 9.58 Å². The number of aryl methyl sites for hydroxylation is 1. The number of nitrogens with one attached hydrogen (secondary N) is 1. The van der Waals surface area contributed by atoms with Crippen molar-refractivity contribution in [3.8, 4) is 5.69 Å². The molecule has 1 aromatic carbocycles. The van der Waals surface area contributed by atoms with E-state index in [1.54, 1.807) is 37.7 Å². The Labute approximate surface area is 213 Å². The van der Waals surface area contributed by atoms with Gasteiger partial charge in [-0.05, 0) is 56.4 Å². The molecule has 1 saturated heterocycles. The number of hydrogen-bond donors (Lipinski definition) is 1. The van der Waals surface area contributed by atoms with Gasteiger partial charge in [-0.25, -0.2) is 4.68 Å². The highest BCUT2D eigenvalue weighted by Crippen LogP contribution is 2.54. The molecule has 1 saturated carbocycles. The Morgan fingerprint density at radius 2 is 1.65 bits per heavy atom. The van der Waals surface area contributed by atoms with E-state index in [2.05, 4.69) is 5.32 Å². The van der Waals surface area contributed by atoms with Gasteiger partial charge >= 0.3 is 0 Å². The quantitative estimate of drug-likeness (QED) is 0.413. The summed E-state index contributed by atoms with van der Waals surface area (Å²) in [4.78, 5) is 54.9. The van der Waals surface area contributed by atoms with Crippen molar-refractivity contribution in [2.45, 2.75) is 32.7 Å². The van der Waals surface area contributed by atoms with Crippen LogP contribution in [0.25, 0.3) is 5.69 Å². The number of fused-ring (bicyclic) bond motifs is 5. The molecule has 3 aliphatic rings. The van der Waals surface area contributed by atoms with Crippen molar-refractivity contribution < 1.29 is 18.8 Å². The number of carbonyl (C=O) groups excluding carboxylic acids is 3. The maximum Gasteiger partial charge on any atom is 0.295 e. The summed E-state index contributed by atoms with van der Waals surface area (Å²) in [7, 11) is 1.75. The number of imide groups is 1. The zero-order valence-corrected chi connectivity index (χ0v) is 20.9. The van der Waals surface area contributed by atoms with Gasteiger partial charge in [0.25, 0.3) is 5.56 Å². The molecular weight excluding hydrogens is 472 g/mol. The number of anilines is 1. The molecule has 2 fully saturated rings. The van der Waals surface area contributed by atoms with E-state index in [0.717, 1.165) is 6.42 Å². The summed E-state index contributed by atoms with van der Waals surface area (Å²) in [6.07, 6.45) is 4.68. The van der Waals surface area contributed by atoms with Crippen LogP contribution in [0, 0.1) is 37.5 Å². The van der Waals surface area contributed by atoms with Crippen LogP contribution in [0.15, 0.2) is 63.8 Å². The first kappa shape index (κ1) is 23.3. The summed E-state index contributed by atoms with van der Waals surface area (Å²) < 4.78 is 8.97. The number of hydrogen-bond acceptors (Lipinski definition) is 5. The van der Waals surface area contributed by atoms with Crippen molar-refractivity contribution in [2.75, 3.05) is 5.32 Å². The van der Waals surface area contributed by atoms with Crippen LogP contribution in [0.1, 0.15) is 36.1 Å². The van der Waals surface area contributed by atoms with Crippen LogP contribution in [0.3, 0.4) is 0 Å². The van der Waals surface area contributed by atoms with Gasteiger partial charge in [-0.3, -0.25) is 28.8 Å². The molecule has 3 amide bonds. The molecule has 5 atom stereocenters. The van der Waals surface area contributed by atoms with Gasteiger partial charge in [0.1, 0.15) is 23.2 Å². The molecule has 37 heavy (non-hydrogen) atoms. The lowest BCUT2D eigenvalue weighted by molar-refractivity contribution is -0.144. The second-order valence-electron chi connectivity index (χ2n) is 10.2. The largest absolute Gasteiger partial charge is 0.464 e. The van der Waals surface area contributed by atoms with E-state index in [-0.39, 0.29) is 53.2 Å². The van der Waals surface area contributed by atoms with Crippen LogP contribution >= 0.6 is 0 Å². The smallest absolute Gasteiger partial charge is 0.295 e. The highest BCUT2D eigenvalue weighted by molar-refractivity contribution is 6.07. The van der Waals surface area contributed by atoms with Crippen LogP contribution in [0.4, 0.5) is 5.69 Å². The molecule has 3 aromatic rings. The zero-order chi connectivity index (χ0) is 26.0. The third-order valence-corrected chi connectivity index (χ3v) is 8.10. The van der Waals surface area contributed by atoms with E-state index >= 15 is 0 Å². The number of allylic oxidation sites excluding steroid dienone is 2. The molecule has 5 unspecified atom stereocenters. The fraction of sp³-hybridized carbons (Fsp3) is 0.357. The first-order chi connectivity index (χ1) is 17.8. The van der Waals surface area contributed by atoms with Crippen LogP contribution in [-0.2, 0) is 21.4 Å². The highest BCUT2D eigenvalue weighted by Gasteiger charge is 2.60. The predicted molar refractivity (Wildman–Crippen MR) is 135 cm³/mol. The minimum atomic E-state index is -0.890. The average molecular weight is 501 g/mol. The lowest BCUT2D eigenvalue weighted by Crippen LogP contribution is -2.38. The molecule has 0 radical (unpaired) electrons. The Morgan fingerprint density at radius 1 is 1.00 bits per heavy atom. The van der Waals surface area contributed by atoms with Crippen molar-refractivity contribution in [3.05, 3.63) is 82.2 Å². The molecule has 9 nitrogen and oxygen atoms in total.